The van der Waals surface area contributed by atoms with Crippen molar-refractivity contribution in [2.75, 3.05) is 5.32 Å². The van der Waals surface area contributed by atoms with Crippen LogP contribution in [0.2, 0.25) is 0 Å². The second kappa shape index (κ2) is 6.48. The van der Waals surface area contributed by atoms with Crippen LogP contribution in [-0.4, -0.2) is 25.7 Å². The number of hydrogen-bond acceptors (Lipinski definition) is 5. The van der Waals surface area contributed by atoms with E-state index in [1.54, 1.807) is 12.5 Å². The van der Waals surface area contributed by atoms with Gasteiger partial charge in [-0.3, -0.25) is 10.1 Å². The van der Waals surface area contributed by atoms with Crippen LogP contribution in [0, 0.1) is 0 Å². The quantitative estimate of drug-likeness (QED) is 0.786. The molecule has 7 heteroatoms. The maximum atomic E-state index is 12.2. The number of benzene rings is 1. The number of carbonyl (C=O) groups is 1. The summed E-state index contributed by atoms with van der Waals surface area (Å²) in [6.45, 7) is 2.74. The Bertz CT molecular complexity index is 749. The number of nitrogens with one attached hydrogen (secondary N) is 1. The first-order valence-corrected chi connectivity index (χ1v) is 7.74. The molecule has 1 amide bonds. The van der Waals surface area contributed by atoms with E-state index in [0.717, 1.165) is 23.5 Å². The third kappa shape index (κ3) is 3.37. The SMILES string of the molecule is CCc1nnc(NC(=O)c2ccc(Cn3ccnc3)cc2)s1. The fraction of sp³-hybridized carbons (Fsp3) is 0.200. The molecule has 0 spiro atoms. The van der Waals surface area contributed by atoms with Gasteiger partial charge in [0, 0.05) is 24.5 Å². The third-order valence-electron chi connectivity index (χ3n) is 3.13. The highest BCUT2D eigenvalue weighted by Crippen LogP contribution is 2.16. The Morgan fingerprint density at radius 1 is 1.27 bits per heavy atom. The van der Waals surface area contributed by atoms with Gasteiger partial charge in [-0.25, -0.2) is 4.98 Å². The van der Waals surface area contributed by atoms with E-state index in [1.165, 1.54) is 11.3 Å². The molecule has 0 fully saturated rings. The predicted molar refractivity (Wildman–Crippen MR) is 85.0 cm³/mol. The average molecular weight is 313 g/mol. The Hall–Kier alpha value is -2.54. The highest BCUT2D eigenvalue weighted by atomic mass is 32.1. The molecule has 0 atom stereocenters. The molecule has 0 saturated carbocycles. The smallest absolute Gasteiger partial charge is 0.257 e. The molecule has 1 aromatic carbocycles. The summed E-state index contributed by atoms with van der Waals surface area (Å²) in [6, 6.07) is 7.49. The van der Waals surface area contributed by atoms with Crippen molar-refractivity contribution < 1.29 is 4.79 Å². The average Bonchev–Trinajstić information content (AvgIpc) is 3.19. The van der Waals surface area contributed by atoms with Crippen LogP contribution in [0.4, 0.5) is 5.13 Å². The molecule has 112 valence electrons. The molecule has 1 N–H and O–H groups in total. The van der Waals surface area contributed by atoms with Crippen LogP contribution in [0.25, 0.3) is 0 Å². The van der Waals surface area contributed by atoms with Gasteiger partial charge in [0.1, 0.15) is 5.01 Å². The fourth-order valence-corrected chi connectivity index (χ4v) is 2.64. The third-order valence-corrected chi connectivity index (χ3v) is 4.11. The van der Waals surface area contributed by atoms with Crippen LogP contribution in [0.15, 0.2) is 43.0 Å². The molecule has 0 unspecified atom stereocenters. The van der Waals surface area contributed by atoms with Crippen molar-refractivity contribution in [3.05, 3.63) is 59.1 Å². The number of anilines is 1. The van der Waals surface area contributed by atoms with Crippen molar-refractivity contribution in [3.63, 3.8) is 0 Å². The Morgan fingerprint density at radius 3 is 2.73 bits per heavy atom. The molecule has 0 aliphatic rings. The van der Waals surface area contributed by atoms with Crippen molar-refractivity contribution in [1.82, 2.24) is 19.7 Å². The first-order valence-electron chi connectivity index (χ1n) is 6.93. The van der Waals surface area contributed by atoms with E-state index >= 15 is 0 Å². The summed E-state index contributed by atoms with van der Waals surface area (Å²) < 4.78 is 1.97. The van der Waals surface area contributed by atoms with Crippen LogP contribution >= 0.6 is 11.3 Å². The monoisotopic (exact) mass is 313 g/mol. The van der Waals surface area contributed by atoms with E-state index in [1.807, 2.05) is 42.0 Å². The summed E-state index contributed by atoms with van der Waals surface area (Å²) in [7, 11) is 0. The summed E-state index contributed by atoms with van der Waals surface area (Å²) in [5.74, 6) is -0.173. The highest BCUT2D eigenvalue weighted by Gasteiger charge is 2.09. The summed E-state index contributed by atoms with van der Waals surface area (Å²) in [5.41, 5.74) is 1.71. The summed E-state index contributed by atoms with van der Waals surface area (Å²) in [4.78, 5) is 16.2. The van der Waals surface area contributed by atoms with Crippen LogP contribution in [0.1, 0.15) is 27.9 Å². The van der Waals surface area contributed by atoms with Gasteiger partial charge in [0.15, 0.2) is 0 Å². The fourth-order valence-electron chi connectivity index (χ4n) is 1.97. The lowest BCUT2D eigenvalue weighted by molar-refractivity contribution is 0.102. The first-order chi connectivity index (χ1) is 10.7. The number of amides is 1. The second-order valence-corrected chi connectivity index (χ2v) is 5.80. The highest BCUT2D eigenvalue weighted by molar-refractivity contribution is 7.15. The van der Waals surface area contributed by atoms with Gasteiger partial charge in [-0.05, 0) is 24.1 Å². The number of hydrogen-bond donors (Lipinski definition) is 1. The molecule has 2 heterocycles. The Labute approximate surface area is 131 Å². The topological polar surface area (TPSA) is 72.7 Å². The molecular formula is C15H15N5OS. The zero-order valence-electron chi connectivity index (χ0n) is 12.1. The second-order valence-electron chi connectivity index (χ2n) is 4.74. The lowest BCUT2D eigenvalue weighted by atomic mass is 10.1. The van der Waals surface area contributed by atoms with E-state index in [4.69, 9.17) is 0 Å². The zero-order chi connectivity index (χ0) is 15.4. The molecule has 0 bridgehead atoms. The zero-order valence-corrected chi connectivity index (χ0v) is 12.9. The van der Waals surface area contributed by atoms with Crippen LogP contribution < -0.4 is 5.32 Å². The molecule has 0 radical (unpaired) electrons. The molecule has 22 heavy (non-hydrogen) atoms. The minimum atomic E-state index is -0.173. The van der Waals surface area contributed by atoms with E-state index in [0.29, 0.717) is 10.7 Å². The molecule has 6 nitrogen and oxygen atoms in total. The van der Waals surface area contributed by atoms with Gasteiger partial charge in [0.05, 0.1) is 6.33 Å². The Balaban J connectivity index is 1.65. The van der Waals surface area contributed by atoms with Crippen molar-refractivity contribution >= 4 is 22.4 Å². The van der Waals surface area contributed by atoms with Crippen molar-refractivity contribution in [2.45, 2.75) is 19.9 Å². The van der Waals surface area contributed by atoms with E-state index in [9.17, 15) is 4.79 Å². The van der Waals surface area contributed by atoms with Crippen molar-refractivity contribution in [2.24, 2.45) is 0 Å². The predicted octanol–water partition coefficient (Wildman–Crippen LogP) is 2.60. The number of rotatable bonds is 5. The van der Waals surface area contributed by atoms with Gasteiger partial charge in [-0.15, -0.1) is 10.2 Å². The van der Waals surface area contributed by atoms with Gasteiger partial charge in [-0.1, -0.05) is 30.4 Å². The van der Waals surface area contributed by atoms with Crippen molar-refractivity contribution in [1.29, 1.82) is 0 Å². The van der Waals surface area contributed by atoms with Crippen molar-refractivity contribution in [3.8, 4) is 0 Å². The summed E-state index contributed by atoms with van der Waals surface area (Å²) in [5, 5.41) is 12.1. The van der Waals surface area contributed by atoms with Gasteiger partial charge in [-0.2, -0.15) is 0 Å². The molecule has 3 aromatic rings. The normalized spacial score (nSPS) is 10.6. The minimum absolute atomic E-state index is 0.173. The van der Waals surface area contributed by atoms with Gasteiger partial charge < -0.3 is 4.57 Å². The Morgan fingerprint density at radius 2 is 2.09 bits per heavy atom. The van der Waals surface area contributed by atoms with Gasteiger partial charge in [0.25, 0.3) is 5.91 Å². The molecule has 2 aromatic heterocycles. The Kier molecular flexibility index (Phi) is 4.24. The van der Waals surface area contributed by atoms with Gasteiger partial charge >= 0.3 is 0 Å². The molecule has 0 saturated heterocycles. The minimum Gasteiger partial charge on any atom is -0.333 e. The summed E-state index contributed by atoms with van der Waals surface area (Å²) >= 11 is 1.40. The van der Waals surface area contributed by atoms with Crippen LogP contribution in [0.5, 0.6) is 0 Å². The molecule has 3 rings (SSSR count). The molecular weight excluding hydrogens is 298 g/mol. The number of nitrogens with zero attached hydrogens (tertiary/aromatic N) is 4. The largest absolute Gasteiger partial charge is 0.333 e. The first kappa shape index (κ1) is 14.4. The number of carbonyl (C=O) groups excluding carboxylic acids is 1. The maximum Gasteiger partial charge on any atom is 0.257 e. The van der Waals surface area contributed by atoms with Gasteiger partial charge in [0.2, 0.25) is 5.13 Å². The number of aromatic nitrogens is 4. The lowest BCUT2D eigenvalue weighted by Crippen LogP contribution is -2.11. The summed E-state index contributed by atoms with van der Waals surface area (Å²) in [6.07, 6.45) is 6.23. The lowest BCUT2D eigenvalue weighted by Gasteiger charge is -2.05. The number of aryl methyl sites for hydroxylation is 1. The van der Waals surface area contributed by atoms with Crippen LogP contribution in [0.3, 0.4) is 0 Å². The standard InChI is InChI=1S/C15H15N5OS/c1-2-13-18-19-15(22-13)17-14(21)12-5-3-11(4-6-12)9-20-8-7-16-10-20/h3-8,10H,2,9H2,1H3,(H,17,19,21). The van der Waals surface area contributed by atoms with E-state index < -0.39 is 0 Å². The van der Waals surface area contributed by atoms with E-state index in [2.05, 4.69) is 20.5 Å². The molecule has 0 aliphatic carbocycles. The number of imidazole rings is 1. The van der Waals surface area contributed by atoms with Crippen LogP contribution in [-0.2, 0) is 13.0 Å². The van der Waals surface area contributed by atoms with E-state index in [-0.39, 0.29) is 5.91 Å². The maximum absolute atomic E-state index is 12.2. The molecule has 0 aliphatic heterocycles.